The first-order valence-electron chi connectivity index (χ1n) is 11.3. The molecule has 0 unspecified atom stereocenters. The average molecular weight is 417 g/mol. The van der Waals surface area contributed by atoms with Gasteiger partial charge in [0.1, 0.15) is 0 Å². The van der Waals surface area contributed by atoms with Crippen molar-refractivity contribution in [1.29, 1.82) is 0 Å². The number of aromatic nitrogens is 2. The van der Waals surface area contributed by atoms with E-state index in [4.69, 9.17) is 0 Å². The van der Waals surface area contributed by atoms with Gasteiger partial charge in [-0.15, -0.1) is 0 Å². The Hall–Kier alpha value is -2.92. The van der Waals surface area contributed by atoms with Gasteiger partial charge in [0, 0.05) is 24.3 Å². The minimum Gasteiger partial charge on any atom is -0.348 e. The Labute approximate surface area is 185 Å². The fourth-order valence-electron chi connectivity index (χ4n) is 4.19. The molecule has 162 valence electrons. The van der Waals surface area contributed by atoms with Crippen LogP contribution in [0.1, 0.15) is 57.7 Å². The van der Waals surface area contributed by atoms with Crippen LogP contribution in [0.5, 0.6) is 0 Å². The van der Waals surface area contributed by atoms with Gasteiger partial charge in [-0.1, -0.05) is 42.8 Å². The first-order valence-corrected chi connectivity index (χ1v) is 11.3. The monoisotopic (exact) mass is 416 g/mol. The first-order chi connectivity index (χ1) is 15.1. The third kappa shape index (κ3) is 5.82. The van der Waals surface area contributed by atoms with Gasteiger partial charge in [0.2, 0.25) is 0 Å². The van der Waals surface area contributed by atoms with Crippen molar-refractivity contribution in [3.8, 4) is 0 Å². The fraction of sp³-hybridized carbons (Fsp3) is 0.385. The normalized spacial score (nSPS) is 14.5. The topological polar surface area (TPSA) is 50.2 Å². The summed E-state index contributed by atoms with van der Waals surface area (Å²) in [6.45, 7) is 8.75. The highest BCUT2D eigenvalue weighted by molar-refractivity contribution is 5.94. The van der Waals surface area contributed by atoms with Gasteiger partial charge < -0.3 is 5.32 Å². The van der Waals surface area contributed by atoms with Gasteiger partial charge in [0.25, 0.3) is 5.91 Å². The summed E-state index contributed by atoms with van der Waals surface area (Å²) in [4.78, 5) is 15.1. The summed E-state index contributed by atoms with van der Waals surface area (Å²) < 4.78 is 1.99. The van der Waals surface area contributed by atoms with E-state index in [1.54, 1.807) is 0 Å². The van der Waals surface area contributed by atoms with E-state index in [0.29, 0.717) is 18.7 Å². The van der Waals surface area contributed by atoms with Crippen LogP contribution in [-0.4, -0.2) is 33.7 Å². The Kier molecular flexibility index (Phi) is 6.82. The van der Waals surface area contributed by atoms with Gasteiger partial charge in [0.05, 0.1) is 12.2 Å². The smallest absolute Gasteiger partial charge is 0.251 e. The molecule has 1 amide bonds. The molecule has 0 atom stereocenters. The summed E-state index contributed by atoms with van der Waals surface area (Å²) in [7, 11) is 0. The molecule has 5 nitrogen and oxygen atoms in total. The Morgan fingerprint density at radius 3 is 2.13 bits per heavy atom. The van der Waals surface area contributed by atoms with E-state index in [9.17, 15) is 4.79 Å². The molecule has 0 saturated carbocycles. The number of hydrogen-bond acceptors (Lipinski definition) is 3. The maximum Gasteiger partial charge on any atom is 0.251 e. The predicted octanol–water partition coefficient (Wildman–Crippen LogP) is 4.46. The molecule has 0 aliphatic carbocycles. The molecule has 1 aliphatic heterocycles. The molecule has 1 aromatic heterocycles. The predicted molar refractivity (Wildman–Crippen MR) is 124 cm³/mol. The zero-order chi connectivity index (χ0) is 21.6. The number of carbonyl (C=O) groups is 1. The van der Waals surface area contributed by atoms with Gasteiger partial charge in [-0.25, -0.2) is 0 Å². The van der Waals surface area contributed by atoms with Crippen LogP contribution in [-0.2, 0) is 19.6 Å². The van der Waals surface area contributed by atoms with Crippen molar-refractivity contribution in [2.75, 3.05) is 13.1 Å². The molecule has 0 radical (unpaired) electrons. The Balaban J connectivity index is 1.27. The van der Waals surface area contributed by atoms with E-state index in [1.807, 2.05) is 35.9 Å². The molecule has 1 saturated heterocycles. The lowest BCUT2D eigenvalue weighted by Gasteiger charge is -2.26. The second-order valence-corrected chi connectivity index (χ2v) is 8.62. The third-order valence-electron chi connectivity index (χ3n) is 5.98. The highest BCUT2D eigenvalue weighted by Crippen LogP contribution is 2.14. The zero-order valence-corrected chi connectivity index (χ0v) is 18.6. The maximum atomic E-state index is 12.5. The number of carbonyl (C=O) groups excluding carboxylic acids is 1. The number of rotatable bonds is 7. The maximum absolute atomic E-state index is 12.5. The van der Waals surface area contributed by atoms with Gasteiger partial charge in [0.15, 0.2) is 0 Å². The molecular weight excluding hydrogens is 384 g/mol. The number of likely N-dealkylation sites (tertiary alicyclic amines) is 1. The van der Waals surface area contributed by atoms with Crippen LogP contribution in [0.25, 0.3) is 0 Å². The number of benzene rings is 2. The quantitative estimate of drug-likeness (QED) is 0.618. The number of nitrogens with one attached hydrogen (secondary N) is 1. The van der Waals surface area contributed by atoms with Crippen molar-refractivity contribution < 1.29 is 4.79 Å². The van der Waals surface area contributed by atoms with E-state index in [1.165, 1.54) is 37.9 Å². The first kappa shape index (κ1) is 21.3. The highest BCUT2D eigenvalue weighted by atomic mass is 16.1. The van der Waals surface area contributed by atoms with Gasteiger partial charge in [-0.2, -0.15) is 5.10 Å². The largest absolute Gasteiger partial charge is 0.348 e. The van der Waals surface area contributed by atoms with Crippen LogP contribution in [0.15, 0.2) is 54.6 Å². The summed E-state index contributed by atoms with van der Waals surface area (Å²) in [6, 6.07) is 18.5. The number of nitrogens with zero attached hydrogens (tertiary/aromatic N) is 3. The summed E-state index contributed by atoms with van der Waals surface area (Å²) in [6.07, 6.45) is 3.99. The van der Waals surface area contributed by atoms with Crippen LogP contribution in [0.4, 0.5) is 0 Å². The minimum absolute atomic E-state index is 0.0462. The minimum atomic E-state index is -0.0462. The lowest BCUT2D eigenvalue weighted by Crippen LogP contribution is -2.29. The van der Waals surface area contributed by atoms with Crippen molar-refractivity contribution in [1.82, 2.24) is 20.0 Å². The molecule has 2 heterocycles. The molecule has 4 rings (SSSR count). The van der Waals surface area contributed by atoms with Crippen molar-refractivity contribution in [2.45, 2.75) is 52.7 Å². The summed E-state index contributed by atoms with van der Waals surface area (Å²) in [5.74, 6) is -0.0462. The Morgan fingerprint density at radius 2 is 1.48 bits per heavy atom. The lowest BCUT2D eigenvalue weighted by molar-refractivity contribution is 0.0951. The standard InChI is InChI=1S/C26H32N4O/c1-20-16-21(2)30(28-20)19-24-10-12-25(13-11-24)26(31)27-17-22-6-8-23(9-7-22)18-29-14-4-3-5-15-29/h6-13,16H,3-5,14-15,17-19H2,1-2H3,(H,27,31). The number of aryl methyl sites for hydroxylation is 2. The lowest BCUT2D eigenvalue weighted by atomic mass is 10.1. The number of hydrogen-bond donors (Lipinski definition) is 1. The van der Waals surface area contributed by atoms with E-state index in [-0.39, 0.29) is 5.91 Å². The number of piperidine rings is 1. The summed E-state index contributed by atoms with van der Waals surface area (Å²) in [5, 5.41) is 7.53. The third-order valence-corrected chi connectivity index (χ3v) is 5.98. The number of amides is 1. The van der Waals surface area contributed by atoms with Gasteiger partial charge in [-0.3, -0.25) is 14.4 Å². The molecule has 3 aromatic rings. The average Bonchev–Trinajstić information content (AvgIpc) is 3.10. The van der Waals surface area contributed by atoms with Crippen LogP contribution >= 0.6 is 0 Å². The van der Waals surface area contributed by atoms with Gasteiger partial charge >= 0.3 is 0 Å². The van der Waals surface area contributed by atoms with Crippen LogP contribution in [0, 0.1) is 13.8 Å². The van der Waals surface area contributed by atoms with Crippen LogP contribution in [0.3, 0.4) is 0 Å². The Bertz CT molecular complexity index is 999. The SMILES string of the molecule is Cc1cc(C)n(Cc2ccc(C(=O)NCc3ccc(CN4CCCCC4)cc3)cc2)n1. The fourth-order valence-corrected chi connectivity index (χ4v) is 4.19. The molecule has 1 fully saturated rings. The molecule has 0 spiro atoms. The van der Waals surface area contributed by atoms with E-state index in [2.05, 4.69) is 52.6 Å². The molecular formula is C26H32N4O. The van der Waals surface area contributed by atoms with E-state index in [0.717, 1.165) is 29.1 Å². The molecule has 5 heteroatoms. The van der Waals surface area contributed by atoms with Crippen molar-refractivity contribution in [3.63, 3.8) is 0 Å². The van der Waals surface area contributed by atoms with Crippen molar-refractivity contribution in [2.24, 2.45) is 0 Å². The second kappa shape index (κ2) is 9.92. The van der Waals surface area contributed by atoms with E-state index < -0.39 is 0 Å². The zero-order valence-electron chi connectivity index (χ0n) is 18.6. The molecule has 0 bridgehead atoms. The van der Waals surface area contributed by atoms with Crippen LogP contribution < -0.4 is 5.32 Å². The summed E-state index contributed by atoms with van der Waals surface area (Å²) >= 11 is 0. The van der Waals surface area contributed by atoms with Crippen LogP contribution in [0.2, 0.25) is 0 Å². The highest BCUT2D eigenvalue weighted by Gasteiger charge is 2.11. The van der Waals surface area contributed by atoms with Crippen molar-refractivity contribution >= 4 is 5.91 Å². The second-order valence-electron chi connectivity index (χ2n) is 8.62. The Morgan fingerprint density at radius 1 is 0.871 bits per heavy atom. The molecule has 2 aromatic carbocycles. The molecule has 1 N–H and O–H groups in total. The molecule has 31 heavy (non-hydrogen) atoms. The van der Waals surface area contributed by atoms with E-state index >= 15 is 0 Å². The summed E-state index contributed by atoms with van der Waals surface area (Å²) in [5.41, 5.74) is 6.44. The van der Waals surface area contributed by atoms with Gasteiger partial charge in [-0.05, 0) is 74.7 Å². The van der Waals surface area contributed by atoms with Crippen molar-refractivity contribution in [3.05, 3.63) is 88.2 Å². The molecule has 1 aliphatic rings.